The molecule has 0 atom stereocenters. The first-order valence-corrected chi connectivity index (χ1v) is 9.18. The van der Waals surface area contributed by atoms with E-state index in [-0.39, 0.29) is 17.9 Å². The van der Waals surface area contributed by atoms with Gasteiger partial charge in [0, 0.05) is 5.02 Å². The van der Waals surface area contributed by atoms with Gasteiger partial charge >= 0.3 is 5.97 Å². The van der Waals surface area contributed by atoms with Crippen molar-refractivity contribution in [1.29, 1.82) is 0 Å². The highest BCUT2D eigenvalue weighted by Crippen LogP contribution is 2.40. The van der Waals surface area contributed by atoms with Crippen molar-refractivity contribution < 1.29 is 14.6 Å². The number of benzene rings is 2. The van der Waals surface area contributed by atoms with E-state index in [1.807, 2.05) is 48.5 Å². The monoisotopic (exact) mass is 385 g/mol. The first-order valence-electron chi connectivity index (χ1n) is 7.99. The largest absolute Gasteiger partial charge is 0.506 e. The fourth-order valence-electron chi connectivity index (χ4n) is 2.34. The highest BCUT2D eigenvalue weighted by Gasteiger charge is 2.33. The van der Waals surface area contributed by atoms with Gasteiger partial charge in [-0.25, -0.2) is 9.79 Å². The number of halogens is 1. The van der Waals surface area contributed by atoms with E-state index in [4.69, 9.17) is 16.3 Å². The second-order valence-electron chi connectivity index (χ2n) is 5.33. The quantitative estimate of drug-likeness (QED) is 0.702. The average molecular weight is 386 g/mol. The Balaban J connectivity index is 2.06. The van der Waals surface area contributed by atoms with Crippen LogP contribution < -0.4 is 0 Å². The zero-order valence-electron chi connectivity index (χ0n) is 14.0. The molecule has 4 nitrogen and oxygen atoms in total. The Hall–Kier alpha value is -2.50. The van der Waals surface area contributed by atoms with Gasteiger partial charge in [0.1, 0.15) is 16.4 Å². The van der Waals surface area contributed by atoms with Crippen molar-refractivity contribution in [3.63, 3.8) is 0 Å². The van der Waals surface area contributed by atoms with E-state index in [1.165, 1.54) is 11.8 Å². The van der Waals surface area contributed by atoms with Crippen molar-refractivity contribution >= 4 is 46.1 Å². The van der Waals surface area contributed by atoms with Crippen molar-refractivity contribution in [2.45, 2.75) is 6.92 Å². The SMILES string of the molecule is CCOC(=O)C1=C(O)/C(=C\c2ccccc2Cl)SC1=Nc1ccccc1. The van der Waals surface area contributed by atoms with Crippen LogP contribution in [0.25, 0.3) is 6.08 Å². The molecular formula is C20H16ClNO3S. The highest BCUT2D eigenvalue weighted by atomic mass is 35.5. The normalized spacial score (nSPS) is 17.2. The van der Waals surface area contributed by atoms with Gasteiger partial charge in [0.15, 0.2) is 0 Å². The van der Waals surface area contributed by atoms with Gasteiger partial charge in [0.2, 0.25) is 0 Å². The molecule has 2 aromatic carbocycles. The molecule has 1 aliphatic heterocycles. The summed E-state index contributed by atoms with van der Waals surface area (Å²) < 4.78 is 5.08. The lowest BCUT2D eigenvalue weighted by Gasteiger charge is -2.03. The molecule has 132 valence electrons. The summed E-state index contributed by atoms with van der Waals surface area (Å²) in [5.74, 6) is -0.752. The molecule has 0 aromatic heterocycles. The van der Waals surface area contributed by atoms with Gasteiger partial charge in [-0.1, -0.05) is 59.8 Å². The number of hydrogen-bond donors (Lipinski definition) is 1. The molecule has 1 N–H and O–H groups in total. The zero-order valence-corrected chi connectivity index (χ0v) is 15.6. The lowest BCUT2D eigenvalue weighted by molar-refractivity contribution is -0.138. The third-order valence-corrected chi connectivity index (χ3v) is 4.91. The molecule has 0 saturated carbocycles. The van der Waals surface area contributed by atoms with E-state index in [0.717, 1.165) is 5.56 Å². The number of thioether (sulfide) groups is 1. The van der Waals surface area contributed by atoms with E-state index in [0.29, 0.717) is 20.7 Å². The predicted octanol–water partition coefficient (Wildman–Crippen LogP) is 5.53. The number of para-hydroxylation sites is 1. The molecular weight excluding hydrogens is 370 g/mol. The van der Waals surface area contributed by atoms with Crippen molar-refractivity contribution in [1.82, 2.24) is 0 Å². The Labute approximate surface area is 160 Å². The van der Waals surface area contributed by atoms with Gasteiger partial charge in [-0.2, -0.15) is 0 Å². The summed E-state index contributed by atoms with van der Waals surface area (Å²) >= 11 is 7.40. The number of nitrogens with zero attached hydrogens (tertiary/aromatic N) is 1. The van der Waals surface area contributed by atoms with Crippen molar-refractivity contribution in [3.05, 3.63) is 81.4 Å². The summed E-state index contributed by atoms with van der Waals surface area (Å²) in [6, 6.07) is 16.5. The number of carbonyl (C=O) groups is 1. The van der Waals surface area contributed by atoms with Gasteiger partial charge in [-0.15, -0.1) is 0 Å². The highest BCUT2D eigenvalue weighted by molar-refractivity contribution is 8.18. The van der Waals surface area contributed by atoms with E-state index < -0.39 is 5.97 Å². The molecule has 0 amide bonds. The van der Waals surface area contributed by atoms with Gasteiger partial charge in [0.25, 0.3) is 0 Å². The molecule has 0 bridgehead atoms. The Morgan fingerprint density at radius 3 is 2.58 bits per heavy atom. The van der Waals surface area contributed by atoms with Crippen LogP contribution in [0.2, 0.25) is 5.02 Å². The number of hydrogen-bond acceptors (Lipinski definition) is 5. The maximum atomic E-state index is 12.3. The van der Waals surface area contributed by atoms with Crippen LogP contribution in [0.1, 0.15) is 12.5 Å². The minimum atomic E-state index is -0.602. The number of esters is 1. The molecule has 0 fully saturated rings. The molecule has 0 spiro atoms. The van der Waals surface area contributed by atoms with Crippen molar-refractivity contribution in [3.8, 4) is 0 Å². The number of aliphatic hydroxyl groups excluding tert-OH is 1. The third-order valence-electron chi connectivity index (χ3n) is 3.55. The number of rotatable bonds is 4. The lowest BCUT2D eigenvalue weighted by Crippen LogP contribution is -2.12. The van der Waals surface area contributed by atoms with Crippen molar-refractivity contribution in [2.24, 2.45) is 4.99 Å². The lowest BCUT2D eigenvalue weighted by atomic mass is 10.1. The summed E-state index contributed by atoms with van der Waals surface area (Å²) in [6.07, 6.45) is 1.73. The fourth-order valence-corrected chi connectivity index (χ4v) is 3.56. The van der Waals surface area contributed by atoms with E-state index in [9.17, 15) is 9.90 Å². The van der Waals surface area contributed by atoms with Crippen LogP contribution >= 0.6 is 23.4 Å². The summed E-state index contributed by atoms with van der Waals surface area (Å²) in [4.78, 5) is 17.3. The first kappa shape index (κ1) is 18.3. The Morgan fingerprint density at radius 2 is 1.88 bits per heavy atom. The molecule has 1 aliphatic rings. The molecule has 1 heterocycles. The minimum absolute atomic E-state index is 0.0685. The molecule has 3 rings (SSSR count). The second kappa shape index (κ2) is 8.25. The van der Waals surface area contributed by atoms with Crippen LogP contribution in [0.4, 0.5) is 5.69 Å². The van der Waals surface area contributed by atoms with Gasteiger partial charge < -0.3 is 9.84 Å². The maximum absolute atomic E-state index is 12.3. The molecule has 0 aliphatic carbocycles. The average Bonchev–Trinajstić information content (AvgIpc) is 2.93. The smallest absolute Gasteiger partial charge is 0.344 e. The summed E-state index contributed by atoms with van der Waals surface area (Å²) in [6.45, 7) is 1.93. The van der Waals surface area contributed by atoms with Gasteiger partial charge in [-0.05, 0) is 36.8 Å². The van der Waals surface area contributed by atoms with E-state index in [2.05, 4.69) is 4.99 Å². The molecule has 0 saturated heterocycles. The van der Waals surface area contributed by atoms with Crippen LogP contribution in [0.3, 0.4) is 0 Å². The maximum Gasteiger partial charge on any atom is 0.344 e. The van der Waals surface area contributed by atoms with Crippen LogP contribution in [0.5, 0.6) is 0 Å². The molecule has 2 aromatic rings. The first-order chi connectivity index (χ1) is 12.6. The van der Waals surface area contributed by atoms with Gasteiger partial charge in [0.05, 0.1) is 17.2 Å². The minimum Gasteiger partial charge on any atom is -0.506 e. The topological polar surface area (TPSA) is 58.9 Å². The zero-order chi connectivity index (χ0) is 18.5. The fraction of sp³-hybridized carbons (Fsp3) is 0.100. The van der Waals surface area contributed by atoms with Crippen LogP contribution in [-0.4, -0.2) is 22.7 Å². The number of ether oxygens (including phenoxy) is 1. The van der Waals surface area contributed by atoms with E-state index >= 15 is 0 Å². The Morgan fingerprint density at radius 1 is 1.19 bits per heavy atom. The number of aliphatic hydroxyl groups is 1. The second-order valence-corrected chi connectivity index (χ2v) is 6.77. The van der Waals surface area contributed by atoms with Gasteiger partial charge in [-0.3, -0.25) is 0 Å². The molecule has 0 radical (unpaired) electrons. The molecule has 0 unspecified atom stereocenters. The van der Waals surface area contributed by atoms with Crippen molar-refractivity contribution in [2.75, 3.05) is 6.61 Å². The Bertz CT molecular complexity index is 920. The standard InChI is InChI=1S/C20H16ClNO3S/c1-2-25-20(24)17-18(23)16(12-13-8-6-7-11-15(13)21)26-19(17)22-14-9-4-3-5-10-14/h3-12,23H,2H2,1H3/b16-12+,22-19?. The third kappa shape index (κ3) is 4.00. The predicted molar refractivity (Wildman–Crippen MR) is 107 cm³/mol. The number of aliphatic imine (C=N–C) groups is 1. The molecule has 6 heteroatoms. The van der Waals surface area contributed by atoms with E-state index in [1.54, 1.807) is 19.1 Å². The van der Waals surface area contributed by atoms with Crippen LogP contribution in [0, 0.1) is 0 Å². The summed E-state index contributed by atoms with van der Waals surface area (Å²) in [5.41, 5.74) is 1.50. The summed E-state index contributed by atoms with van der Waals surface area (Å²) in [7, 11) is 0. The van der Waals surface area contributed by atoms with Crippen LogP contribution in [-0.2, 0) is 9.53 Å². The summed E-state index contributed by atoms with van der Waals surface area (Å²) in [5, 5.41) is 11.6. The molecule has 26 heavy (non-hydrogen) atoms. The number of carbonyl (C=O) groups excluding carboxylic acids is 1. The Kier molecular flexibility index (Phi) is 5.81. The van der Waals surface area contributed by atoms with Crippen LogP contribution in [0.15, 0.2) is 75.8 Å².